The van der Waals surface area contributed by atoms with Crippen LogP contribution in [0.25, 0.3) is 0 Å². The number of aryl methyl sites for hydroxylation is 2. The van der Waals surface area contributed by atoms with Crippen molar-refractivity contribution in [3.63, 3.8) is 0 Å². The average Bonchev–Trinajstić information content (AvgIpc) is 2.30. The second-order valence-corrected chi connectivity index (χ2v) is 3.91. The summed E-state index contributed by atoms with van der Waals surface area (Å²) >= 11 is 0. The smallest absolute Gasteiger partial charge is 0.0898 e. The zero-order valence-corrected chi connectivity index (χ0v) is 9.88. The van der Waals surface area contributed by atoms with E-state index in [1.807, 2.05) is 26.0 Å². The lowest BCUT2D eigenvalue weighted by molar-refractivity contribution is 0.616. The topological polar surface area (TPSA) is 76.7 Å². The number of nitrogens with zero attached hydrogens (tertiary/aromatic N) is 3. The number of aromatic nitrogens is 3. The Hall–Kier alpha value is -1.85. The third-order valence-corrected chi connectivity index (χ3v) is 2.48. The Kier molecular flexibility index (Phi) is 3.41. The number of hydrazine groups is 1. The second-order valence-electron chi connectivity index (χ2n) is 3.91. The van der Waals surface area contributed by atoms with Crippen LogP contribution in [0.3, 0.4) is 0 Å². The summed E-state index contributed by atoms with van der Waals surface area (Å²) < 4.78 is 0. The van der Waals surface area contributed by atoms with Gasteiger partial charge in [-0.3, -0.25) is 20.8 Å². The van der Waals surface area contributed by atoms with Crippen molar-refractivity contribution in [2.75, 3.05) is 0 Å². The van der Waals surface area contributed by atoms with Gasteiger partial charge < -0.3 is 0 Å². The maximum Gasteiger partial charge on any atom is 0.0898 e. The Bertz CT molecular complexity index is 477. The molecule has 5 heteroatoms. The van der Waals surface area contributed by atoms with E-state index in [9.17, 15) is 0 Å². The van der Waals surface area contributed by atoms with Crippen LogP contribution < -0.4 is 11.3 Å². The van der Waals surface area contributed by atoms with Gasteiger partial charge in [-0.2, -0.15) is 0 Å². The lowest BCUT2D eigenvalue weighted by Crippen LogP contribution is -2.29. The Morgan fingerprint density at radius 3 is 2.41 bits per heavy atom. The zero-order chi connectivity index (χ0) is 12.3. The van der Waals surface area contributed by atoms with Gasteiger partial charge >= 0.3 is 0 Å². The zero-order valence-electron chi connectivity index (χ0n) is 9.88. The number of hydrogen-bond donors (Lipinski definition) is 2. The number of hydrogen-bond acceptors (Lipinski definition) is 5. The molecule has 0 aliphatic carbocycles. The minimum atomic E-state index is -0.163. The summed E-state index contributed by atoms with van der Waals surface area (Å²) in [5, 5.41) is 0. The van der Waals surface area contributed by atoms with Crippen LogP contribution in [0.5, 0.6) is 0 Å². The van der Waals surface area contributed by atoms with Crippen LogP contribution in [-0.4, -0.2) is 15.0 Å². The van der Waals surface area contributed by atoms with E-state index in [-0.39, 0.29) is 6.04 Å². The average molecular weight is 229 g/mol. The van der Waals surface area contributed by atoms with Gasteiger partial charge in [-0.05, 0) is 31.5 Å². The van der Waals surface area contributed by atoms with Crippen molar-refractivity contribution < 1.29 is 0 Å². The maximum atomic E-state index is 5.60. The predicted molar refractivity (Wildman–Crippen MR) is 64.9 cm³/mol. The number of pyridine rings is 1. The molecule has 0 aliphatic rings. The molecule has 17 heavy (non-hydrogen) atoms. The predicted octanol–water partition coefficient (Wildman–Crippen LogP) is 1.04. The van der Waals surface area contributed by atoms with Gasteiger partial charge in [0.25, 0.3) is 0 Å². The molecular weight excluding hydrogens is 214 g/mol. The van der Waals surface area contributed by atoms with E-state index in [0.29, 0.717) is 0 Å². The molecule has 3 N–H and O–H groups in total. The summed E-state index contributed by atoms with van der Waals surface area (Å²) in [5.74, 6) is 5.60. The lowest BCUT2D eigenvalue weighted by atomic mass is 10.0. The van der Waals surface area contributed by atoms with Crippen molar-refractivity contribution >= 4 is 0 Å². The Balaban J connectivity index is 2.42. The fourth-order valence-corrected chi connectivity index (χ4v) is 1.85. The first-order chi connectivity index (χ1) is 8.20. The molecule has 0 aromatic carbocycles. The van der Waals surface area contributed by atoms with E-state index in [4.69, 9.17) is 5.84 Å². The summed E-state index contributed by atoms with van der Waals surface area (Å²) in [6.45, 7) is 3.92. The summed E-state index contributed by atoms with van der Waals surface area (Å²) in [5.41, 5.74) is 6.51. The molecule has 0 radical (unpaired) electrons. The van der Waals surface area contributed by atoms with E-state index in [1.165, 1.54) is 0 Å². The first-order valence-electron chi connectivity index (χ1n) is 5.38. The van der Waals surface area contributed by atoms with E-state index in [0.717, 1.165) is 22.6 Å². The highest BCUT2D eigenvalue weighted by Gasteiger charge is 2.14. The Labute approximate surface area is 100 Å². The Morgan fingerprint density at radius 1 is 1.18 bits per heavy atom. The summed E-state index contributed by atoms with van der Waals surface area (Å²) in [6, 6.07) is 3.82. The van der Waals surface area contributed by atoms with Gasteiger partial charge in [0.1, 0.15) is 0 Å². The highest BCUT2D eigenvalue weighted by atomic mass is 15.2. The molecule has 0 amide bonds. The van der Waals surface area contributed by atoms with E-state index in [2.05, 4.69) is 20.4 Å². The van der Waals surface area contributed by atoms with Crippen LogP contribution in [0.2, 0.25) is 0 Å². The highest BCUT2D eigenvalue weighted by molar-refractivity contribution is 5.29. The molecule has 0 aliphatic heterocycles. The van der Waals surface area contributed by atoms with Gasteiger partial charge in [-0.25, -0.2) is 5.43 Å². The molecule has 0 spiro atoms. The molecule has 0 fully saturated rings. The van der Waals surface area contributed by atoms with Crippen molar-refractivity contribution in [1.29, 1.82) is 0 Å². The van der Waals surface area contributed by atoms with Gasteiger partial charge in [-0.15, -0.1) is 0 Å². The lowest BCUT2D eigenvalue weighted by Gasteiger charge is -2.16. The molecule has 5 nitrogen and oxygen atoms in total. The second kappa shape index (κ2) is 4.99. The highest BCUT2D eigenvalue weighted by Crippen LogP contribution is 2.19. The molecule has 0 saturated carbocycles. The first-order valence-corrected chi connectivity index (χ1v) is 5.38. The fraction of sp³-hybridized carbons (Fsp3) is 0.250. The molecule has 2 heterocycles. The molecule has 0 bridgehead atoms. The monoisotopic (exact) mass is 229 g/mol. The van der Waals surface area contributed by atoms with Gasteiger partial charge in [0, 0.05) is 23.8 Å². The molecule has 2 aromatic heterocycles. The van der Waals surface area contributed by atoms with Gasteiger partial charge in [0.05, 0.1) is 17.9 Å². The van der Waals surface area contributed by atoms with Crippen molar-refractivity contribution in [1.82, 2.24) is 20.4 Å². The third-order valence-electron chi connectivity index (χ3n) is 2.48. The number of nitrogens with two attached hydrogens (primary N) is 1. The van der Waals surface area contributed by atoms with Crippen LogP contribution in [-0.2, 0) is 0 Å². The van der Waals surface area contributed by atoms with Crippen molar-refractivity contribution in [3.05, 3.63) is 53.4 Å². The quantitative estimate of drug-likeness (QED) is 0.607. The molecule has 1 unspecified atom stereocenters. The molecule has 2 aromatic rings. The normalized spacial score (nSPS) is 12.4. The van der Waals surface area contributed by atoms with Crippen LogP contribution in [0.1, 0.15) is 28.7 Å². The summed E-state index contributed by atoms with van der Waals surface area (Å²) in [7, 11) is 0. The van der Waals surface area contributed by atoms with Gasteiger partial charge in [0.15, 0.2) is 0 Å². The number of nitrogens with one attached hydrogen (secondary N) is 1. The first kappa shape index (κ1) is 11.6. The van der Waals surface area contributed by atoms with Crippen molar-refractivity contribution in [2.24, 2.45) is 5.84 Å². The van der Waals surface area contributed by atoms with E-state index >= 15 is 0 Å². The molecular formula is C12H15N5. The van der Waals surface area contributed by atoms with Crippen molar-refractivity contribution in [3.8, 4) is 0 Å². The minimum absolute atomic E-state index is 0.163. The summed E-state index contributed by atoms with van der Waals surface area (Å²) in [4.78, 5) is 12.7. The van der Waals surface area contributed by atoms with Crippen LogP contribution in [0.15, 0.2) is 30.7 Å². The van der Waals surface area contributed by atoms with Crippen LogP contribution in [0.4, 0.5) is 0 Å². The number of rotatable bonds is 3. The van der Waals surface area contributed by atoms with Gasteiger partial charge in [0.2, 0.25) is 0 Å². The molecule has 1 atom stereocenters. The fourth-order valence-electron chi connectivity index (χ4n) is 1.85. The molecule has 0 saturated heterocycles. The Morgan fingerprint density at radius 2 is 1.88 bits per heavy atom. The molecule has 88 valence electrons. The van der Waals surface area contributed by atoms with Crippen molar-refractivity contribution in [2.45, 2.75) is 19.9 Å². The van der Waals surface area contributed by atoms with Crippen LogP contribution >= 0.6 is 0 Å². The maximum absolute atomic E-state index is 5.60. The van der Waals surface area contributed by atoms with Gasteiger partial charge in [-0.1, -0.05) is 0 Å². The third kappa shape index (κ3) is 2.64. The van der Waals surface area contributed by atoms with Crippen LogP contribution in [0, 0.1) is 13.8 Å². The van der Waals surface area contributed by atoms with E-state index < -0.39 is 0 Å². The SMILES string of the molecule is Cc1cc(C(NN)c2cnccn2)cc(C)n1. The minimum Gasteiger partial charge on any atom is -0.271 e. The van der Waals surface area contributed by atoms with E-state index in [1.54, 1.807) is 18.6 Å². The molecule has 2 rings (SSSR count). The standard InChI is InChI=1S/C12H15N5/c1-8-5-10(6-9(2)16-8)12(17-13)11-7-14-3-4-15-11/h3-7,12,17H,13H2,1-2H3. The largest absolute Gasteiger partial charge is 0.271 e. The summed E-state index contributed by atoms with van der Waals surface area (Å²) in [6.07, 6.45) is 5.00.